The lowest BCUT2D eigenvalue weighted by atomic mass is 9.73. The lowest BCUT2D eigenvalue weighted by Gasteiger charge is -2.43. The topological polar surface area (TPSA) is 35.5 Å². The van der Waals surface area contributed by atoms with Gasteiger partial charge in [0, 0.05) is 25.7 Å². The van der Waals surface area contributed by atoms with Crippen LogP contribution >= 0.6 is 0 Å². The lowest BCUT2D eigenvalue weighted by molar-refractivity contribution is 0.0591. The third kappa shape index (κ3) is 5.05. The number of aliphatic hydroxyl groups is 1. The summed E-state index contributed by atoms with van der Waals surface area (Å²) >= 11 is 0. The van der Waals surface area contributed by atoms with Gasteiger partial charge in [-0.25, -0.2) is 0 Å². The Balaban J connectivity index is 2.71. The van der Waals surface area contributed by atoms with Gasteiger partial charge in [0.05, 0.1) is 6.61 Å². The van der Waals surface area contributed by atoms with Crippen LogP contribution in [0.15, 0.2) is 0 Å². The van der Waals surface area contributed by atoms with Crippen molar-refractivity contribution in [3.8, 4) is 0 Å². The molecule has 1 aliphatic rings. The first-order valence-electron chi connectivity index (χ1n) is 8.21. The summed E-state index contributed by atoms with van der Waals surface area (Å²) in [6.45, 7) is 7.92. The molecule has 0 unspecified atom stereocenters. The van der Waals surface area contributed by atoms with Crippen molar-refractivity contribution in [2.24, 2.45) is 5.41 Å². The molecule has 0 spiro atoms. The zero-order chi connectivity index (χ0) is 14.1. The lowest BCUT2D eigenvalue weighted by Crippen LogP contribution is -2.48. The largest absolute Gasteiger partial charge is 0.395 e. The Morgan fingerprint density at radius 1 is 1.16 bits per heavy atom. The summed E-state index contributed by atoms with van der Waals surface area (Å²) in [5.41, 5.74) is 0.435. The van der Waals surface area contributed by atoms with Crippen molar-refractivity contribution >= 4 is 0 Å². The molecule has 114 valence electrons. The maximum Gasteiger partial charge on any atom is 0.0558 e. The molecule has 0 saturated heterocycles. The smallest absolute Gasteiger partial charge is 0.0558 e. The second kappa shape index (κ2) is 8.93. The third-order valence-electron chi connectivity index (χ3n) is 4.85. The minimum Gasteiger partial charge on any atom is -0.395 e. The molecule has 0 atom stereocenters. The van der Waals surface area contributed by atoms with Crippen molar-refractivity contribution < 1.29 is 5.11 Å². The number of hydrogen-bond donors (Lipinski definition) is 2. The summed E-state index contributed by atoms with van der Waals surface area (Å²) in [5, 5.41) is 12.8. The van der Waals surface area contributed by atoms with Crippen LogP contribution in [0.1, 0.15) is 58.8 Å². The summed E-state index contributed by atoms with van der Waals surface area (Å²) in [6, 6.07) is 0.628. The SMILES string of the molecule is CCC(CC)N(CCO)CC1(CNC)CCCCC1. The summed E-state index contributed by atoms with van der Waals surface area (Å²) < 4.78 is 0. The molecular weight excluding hydrogens is 236 g/mol. The van der Waals surface area contributed by atoms with E-state index in [0.29, 0.717) is 11.5 Å². The fourth-order valence-corrected chi connectivity index (χ4v) is 3.82. The van der Waals surface area contributed by atoms with Crippen molar-refractivity contribution in [1.29, 1.82) is 0 Å². The Kier molecular flexibility index (Phi) is 7.96. The Bertz CT molecular complexity index is 217. The first-order chi connectivity index (χ1) is 9.21. The molecule has 3 heteroatoms. The van der Waals surface area contributed by atoms with Crippen LogP contribution in [-0.4, -0.2) is 49.3 Å². The quantitative estimate of drug-likeness (QED) is 0.676. The van der Waals surface area contributed by atoms with E-state index in [1.165, 1.54) is 44.9 Å². The molecule has 0 bridgehead atoms. The highest BCUT2D eigenvalue weighted by atomic mass is 16.3. The highest BCUT2D eigenvalue weighted by Gasteiger charge is 2.34. The van der Waals surface area contributed by atoms with Crippen LogP contribution in [0, 0.1) is 5.41 Å². The van der Waals surface area contributed by atoms with E-state index in [1.807, 2.05) is 0 Å². The van der Waals surface area contributed by atoms with Crippen LogP contribution in [0.25, 0.3) is 0 Å². The number of nitrogens with one attached hydrogen (secondary N) is 1. The van der Waals surface area contributed by atoms with E-state index in [1.54, 1.807) is 0 Å². The van der Waals surface area contributed by atoms with Crippen molar-refractivity contribution in [1.82, 2.24) is 10.2 Å². The predicted octanol–water partition coefficient (Wildman–Crippen LogP) is 2.64. The molecule has 0 radical (unpaired) electrons. The highest BCUT2D eigenvalue weighted by molar-refractivity contribution is 4.89. The van der Waals surface area contributed by atoms with E-state index in [4.69, 9.17) is 0 Å². The standard InChI is InChI=1S/C16H34N2O/c1-4-15(5-2)18(11-12-19)14-16(13-17-3)9-7-6-8-10-16/h15,17,19H,4-14H2,1-3H3. The Labute approximate surface area is 119 Å². The summed E-state index contributed by atoms with van der Waals surface area (Å²) in [4.78, 5) is 2.54. The number of hydrogen-bond acceptors (Lipinski definition) is 3. The highest BCUT2D eigenvalue weighted by Crippen LogP contribution is 2.37. The monoisotopic (exact) mass is 270 g/mol. The molecular formula is C16H34N2O. The minimum absolute atomic E-state index is 0.284. The molecule has 0 aromatic heterocycles. The summed E-state index contributed by atoms with van der Waals surface area (Å²) in [5.74, 6) is 0. The van der Waals surface area contributed by atoms with Crippen molar-refractivity contribution in [2.45, 2.75) is 64.8 Å². The van der Waals surface area contributed by atoms with E-state index in [0.717, 1.165) is 19.6 Å². The molecule has 2 N–H and O–H groups in total. The maximum absolute atomic E-state index is 9.36. The minimum atomic E-state index is 0.284. The Morgan fingerprint density at radius 2 is 1.79 bits per heavy atom. The number of nitrogens with zero attached hydrogens (tertiary/aromatic N) is 1. The third-order valence-corrected chi connectivity index (χ3v) is 4.85. The second-order valence-electron chi connectivity index (χ2n) is 6.26. The maximum atomic E-state index is 9.36. The van der Waals surface area contributed by atoms with Gasteiger partial charge in [-0.1, -0.05) is 33.1 Å². The predicted molar refractivity (Wildman–Crippen MR) is 82.5 cm³/mol. The van der Waals surface area contributed by atoms with E-state index in [-0.39, 0.29) is 6.61 Å². The number of aliphatic hydroxyl groups excluding tert-OH is 1. The van der Waals surface area contributed by atoms with Crippen LogP contribution in [0.3, 0.4) is 0 Å². The molecule has 1 aliphatic carbocycles. The molecule has 0 aromatic rings. The van der Waals surface area contributed by atoms with Gasteiger partial charge in [-0.3, -0.25) is 4.90 Å². The van der Waals surface area contributed by atoms with Crippen molar-refractivity contribution in [3.05, 3.63) is 0 Å². The van der Waals surface area contributed by atoms with E-state index in [9.17, 15) is 5.11 Å². The molecule has 0 aromatic carbocycles. The second-order valence-corrected chi connectivity index (χ2v) is 6.26. The molecule has 0 heterocycles. The zero-order valence-electron chi connectivity index (χ0n) is 13.2. The normalized spacial score (nSPS) is 19.3. The van der Waals surface area contributed by atoms with E-state index in [2.05, 4.69) is 31.1 Å². The first kappa shape index (κ1) is 16.9. The van der Waals surface area contributed by atoms with Gasteiger partial charge < -0.3 is 10.4 Å². The van der Waals surface area contributed by atoms with Gasteiger partial charge in [0.15, 0.2) is 0 Å². The zero-order valence-corrected chi connectivity index (χ0v) is 13.2. The van der Waals surface area contributed by atoms with Gasteiger partial charge in [-0.2, -0.15) is 0 Å². The van der Waals surface area contributed by atoms with Gasteiger partial charge in [0.1, 0.15) is 0 Å². The molecule has 1 fully saturated rings. The summed E-state index contributed by atoms with van der Waals surface area (Å²) in [6.07, 6.45) is 9.20. The molecule has 19 heavy (non-hydrogen) atoms. The van der Waals surface area contributed by atoms with Gasteiger partial charge >= 0.3 is 0 Å². The van der Waals surface area contributed by atoms with Crippen LogP contribution in [0.2, 0.25) is 0 Å². The van der Waals surface area contributed by atoms with Gasteiger partial charge in [-0.05, 0) is 38.1 Å². The van der Waals surface area contributed by atoms with Gasteiger partial charge in [0.25, 0.3) is 0 Å². The molecule has 1 saturated carbocycles. The van der Waals surface area contributed by atoms with Crippen LogP contribution in [0.4, 0.5) is 0 Å². The molecule has 0 amide bonds. The van der Waals surface area contributed by atoms with E-state index < -0.39 is 0 Å². The Hall–Kier alpha value is -0.120. The molecule has 3 nitrogen and oxygen atoms in total. The van der Waals surface area contributed by atoms with Crippen LogP contribution in [-0.2, 0) is 0 Å². The van der Waals surface area contributed by atoms with Crippen LogP contribution in [0.5, 0.6) is 0 Å². The Morgan fingerprint density at radius 3 is 2.26 bits per heavy atom. The van der Waals surface area contributed by atoms with Crippen molar-refractivity contribution in [2.75, 3.05) is 33.3 Å². The first-order valence-corrected chi connectivity index (χ1v) is 8.21. The van der Waals surface area contributed by atoms with Crippen molar-refractivity contribution in [3.63, 3.8) is 0 Å². The average molecular weight is 270 g/mol. The molecule has 1 rings (SSSR count). The van der Waals surface area contributed by atoms with Crippen LogP contribution < -0.4 is 5.32 Å². The van der Waals surface area contributed by atoms with Gasteiger partial charge in [0.2, 0.25) is 0 Å². The summed E-state index contributed by atoms with van der Waals surface area (Å²) in [7, 11) is 2.07. The number of rotatable bonds is 9. The van der Waals surface area contributed by atoms with E-state index >= 15 is 0 Å². The average Bonchev–Trinajstić information content (AvgIpc) is 2.41. The van der Waals surface area contributed by atoms with Gasteiger partial charge in [-0.15, -0.1) is 0 Å². The fraction of sp³-hybridized carbons (Fsp3) is 1.00. The fourth-order valence-electron chi connectivity index (χ4n) is 3.82. The molecule has 0 aliphatic heterocycles.